The van der Waals surface area contributed by atoms with Crippen LogP contribution in [0.15, 0.2) is 18.5 Å². The van der Waals surface area contributed by atoms with E-state index in [9.17, 15) is 5.26 Å². The molecular formula is C17H21N3. The van der Waals surface area contributed by atoms with Gasteiger partial charge in [0, 0.05) is 18.8 Å². The maximum absolute atomic E-state index is 9.34. The van der Waals surface area contributed by atoms with Crippen LogP contribution in [0.3, 0.4) is 0 Å². The van der Waals surface area contributed by atoms with Crippen molar-refractivity contribution in [1.29, 1.82) is 5.26 Å². The lowest BCUT2D eigenvalue weighted by atomic mass is 9.52. The molecule has 4 bridgehead atoms. The molecule has 3 nitrogen and oxygen atoms in total. The Morgan fingerprint density at radius 2 is 1.80 bits per heavy atom. The van der Waals surface area contributed by atoms with E-state index in [0.717, 1.165) is 29.0 Å². The van der Waals surface area contributed by atoms with Gasteiger partial charge in [-0.2, -0.15) is 5.26 Å². The summed E-state index contributed by atoms with van der Waals surface area (Å²) in [6, 6.07) is 4.17. The summed E-state index contributed by atoms with van der Waals surface area (Å²) in [6.45, 7) is 0. The van der Waals surface area contributed by atoms with Crippen LogP contribution in [0.4, 0.5) is 5.69 Å². The molecule has 5 rings (SSSR count). The van der Waals surface area contributed by atoms with E-state index in [0.29, 0.717) is 5.54 Å². The highest BCUT2D eigenvalue weighted by Gasteiger charge is 2.53. The van der Waals surface area contributed by atoms with Gasteiger partial charge in [0.05, 0.1) is 17.4 Å². The first-order valence-corrected chi connectivity index (χ1v) is 7.78. The molecule has 20 heavy (non-hydrogen) atoms. The average Bonchev–Trinajstić information content (AvgIpc) is 2.45. The molecule has 0 atom stereocenters. The minimum absolute atomic E-state index is 0.295. The predicted molar refractivity (Wildman–Crippen MR) is 78.3 cm³/mol. The SMILES string of the molecule is CN(c1cnccc1C#N)C12CC3CC(CC(C3)C1)C2. The molecular weight excluding hydrogens is 246 g/mol. The highest BCUT2D eigenvalue weighted by atomic mass is 15.2. The van der Waals surface area contributed by atoms with Gasteiger partial charge >= 0.3 is 0 Å². The van der Waals surface area contributed by atoms with Crippen molar-refractivity contribution in [2.24, 2.45) is 17.8 Å². The molecule has 4 fully saturated rings. The number of hydrogen-bond acceptors (Lipinski definition) is 3. The van der Waals surface area contributed by atoms with Crippen molar-refractivity contribution in [1.82, 2.24) is 4.98 Å². The van der Waals surface area contributed by atoms with E-state index in [2.05, 4.69) is 23.0 Å². The first kappa shape index (κ1) is 12.2. The molecule has 0 aromatic carbocycles. The molecule has 4 saturated carbocycles. The monoisotopic (exact) mass is 267 g/mol. The zero-order valence-electron chi connectivity index (χ0n) is 12.0. The zero-order valence-corrected chi connectivity index (χ0v) is 12.0. The molecule has 4 aliphatic carbocycles. The molecule has 0 saturated heterocycles. The number of pyridine rings is 1. The summed E-state index contributed by atoms with van der Waals surface area (Å²) in [5.41, 5.74) is 2.08. The number of nitriles is 1. The number of anilines is 1. The van der Waals surface area contributed by atoms with Gasteiger partial charge < -0.3 is 4.90 Å². The van der Waals surface area contributed by atoms with E-state index in [4.69, 9.17) is 0 Å². The van der Waals surface area contributed by atoms with Crippen LogP contribution in [0.25, 0.3) is 0 Å². The van der Waals surface area contributed by atoms with Crippen LogP contribution in [0.2, 0.25) is 0 Å². The molecule has 4 aliphatic rings. The van der Waals surface area contributed by atoms with Gasteiger partial charge in [-0.15, -0.1) is 0 Å². The van der Waals surface area contributed by atoms with Crippen molar-refractivity contribution >= 4 is 5.69 Å². The molecule has 0 N–H and O–H groups in total. The standard InChI is InChI=1S/C17H21N3/c1-20(16-11-19-3-2-15(16)10-18)17-7-12-4-13(8-17)6-14(5-12)9-17/h2-3,11-14H,4-9H2,1H3. The minimum Gasteiger partial charge on any atom is -0.367 e. The third-order valence-corrected chi connectivity index (χ3v) is 6.00. The quantitative estimate of drug-likeness (QED) is 0.825. The summed E-state index contributed by atoms with van der Waals surface area (Å²) in [5.74, 6) is 2.77. The van der Waals surface area contributed by atoms with Gasteiger partial charge in [-0.25, -0.2) is 0 Å². The Morgan fingerprint density at radius 1 is 1.20 bits per heavy atom. The van der Waals surface area contributed by atoms with Gasteiger partial charge in [0.2, 0.25) is 0 Å². The average molecular weight is 267 g/mol. The van der Waals surface area contributed by atoms with Gasteiger partial charge in [-0.3, -0.25) is 4.98 Å². The first-order valence-electron chi connectivity index (χ1n) is 7.78. The van der Waals surface area contributed by atoms with E-state index in [1.807, 2.05) is 12.3 Å². The Kier molecular flexibility index (Phi) is 2.57. The second-order valence-corrected chi connectivity index (χ2v) is 7.21. The molecule has 1 aromatic rings. The van der Waals surface area contributed by atoms with Crippen molar-refractivity contribution < 1.29 is 0 Å². The Morgan fingerprint density at radius 3 is 2.35 bits per heavy atom. The topological polar surface area (TPSA) is 39.9 Å². The van der Waals surface area contributed by atoms with Crippen molar-refractivity contribution in [3.8, 4) is 6.07 Å². The van der Waals surface area contributed by atoms with Gasteiger partial charge in [0.15, 0.2) is 0 Å². The summed E-state index contributed by atoms with van der Waals surface area (Å²) in [5, 5.41) is 9.34. The van der Waals surface area contributed by atoms with Crippen LogP contribution in [-0.2, 0) is 0 Å². The fraction of sp³-hybridized carbons (Fsp3) is 0.647. The van der Waals surface area contributed by atoms with E-state index < -0.39 is 0 Å². The van der Waals surface area contributed by atoms with Crippen molar-refractivity contribution in [3.63, 3.8) is 0 Å². The number of hydrogen-bond donors (Lipinski definition) is 0. The lowest BCUT2D eigenvalue weighted by molar-refractivity contribution is -0.00204. The summed E-state index contributed by atoms with van der Waals surface area (Å²) >= 11 is 0. The maximum atomic E-state index is 9.34. The van der Waals surface area contributed by atoms with Gasteiger partial charge in [0.1, 0.15) is 6.07 Å². The van der Waals surface area contributed by atoms with Gasteiger partial charge in [-0.1, -0.05) is 0 Å². The fourth-order valence-corrected chi connectivity index (χ4v) is 5.48. The molecule has 3 heteroatoms. The number of nitrogens with zero attached hydrogens (tertiary/aromatic N) is 3. The summed E-state index contributed by atoms with van der Waals surface area (Å²) < 4.78 is 0. The normalized spacial score (nSPS) is 37.7. The fourth-order valence-electron chi connectivity index (χ4n) is 5.48. The highest BCUT2D eigenvalue weighted by molar-refractivity contribution is 5.59. The minimum atomic E-state index is 0.295. The van der Waals surface area contributed by atoms with Crippen molar-refractivity contribution in [2.75, 3.05) is 11.9 Å². The maximum Gasteiger partial charge on any atom is 0.101 e. The van der Waals surface area contributed by atoms with Crippen LogP contribution >= 0.6 is 0 Å². The van der Waals surface area contributed by atoms with Gasteiger partial charge in [-0.05, 0) is 62.3 Å². The third-order valence-electron chi connectivity index (χ3n) is 6.00. The Bertz CT molecular complexity index is 537. The zero-order chi connectivity index (χ0) is 13.7. The molecule has 0 radical (unpaired) electrons. The van der Waals surface area contributed by atoms with Gasteiger partial charge in [0.25, 0.3) is 0 Å². The smallest absolute Gasteiger partial charge is 0.101 e. The summed E-state index contributed by atoms with van der Waals surface area (Å²) in [6.07, 6.45) is 11.9. The molecule has 0 aliphatic heterocycles. The predicted octanol–water partition coefficient (Wildman–Crippen LogP) is 3.36. The Balaban J connectivity index is 1.72. The lowest BCUT2D eigenvalue weighted by Crippen LogP contribution is -2.59. The van der Waals surface area contributed by atoms with Crippen LogP contribution in [0.1, 0.15) is 44.1 Å². The second-order valence-electron chi connectivity index (χ2n) is 7.21. The molecule has 1 heterocycles. The van der Waals surface area contributed by atoms with E-state index in [-0.39, 0.29) is 0 Å². The summed E-state index contributed by atoms with van der Waals surface area (Å²) in [7, 11) is 2.19. The van der Waals surface area contributed by atoms with E-state index in [1.165, 1.54) is 38.5 Å². The molecule has 0 spiro atoms. The Hall–Kier alpha value is -1.56. The first-order chi connectivity index (χ1) is 9.70. The van der Waals surface area contributed by atoms with Crippen LogP contribution < -0.4 is 4.90 Å². The summed E-state index contributed by atoms with van der Waals surface area (Å²) in [4.78, 5) is 6.65. The molecule has 1 aromatic heterocycles. The molecule has 104 valence electrons. The van der Waals surface area contributed by atoms with Crippen LogP contribution in [0.5, 0.6) is 0 Å². The molecule has 0 unspecified atom stereocenters. The lowest BCUT2D eigenvalue weighted by Gasteiger charge is -2.60. The third kappa shape index (κ3) is 1.67. The van der Waals surface area contributed by atoms with E-state index in [1.54, 1.807) is 6.20 Å². The van der Waals surface area contributed by atoms with Crippen molar-refractivity contribution in [2.45, 2.75) is 44.1 Å². The van der Waals surface area contributed by atoms with Crippen molar-refractivity contribution in [3.05, 3.63) is 24.0 Å². The number of rotatable bonds is 2. The molecule has 0 amide bonds. The van der Waals surface area contributed by atoms with Crippen LogP contribution in [-0.4, -0.2) is 17.6 Å². The Labute approximate surface area is 120 Å². The second kappa shape index (κ2) is 4.22. The largest absolute Gasteiger partial charge is 0.367 e. The highest BCUT2D eigenvalue weighted by Crippen LogP contribution is 2.58. The number of aromatic nitrogens is 1. The van der Waals surface area contributed by atoms with E-state index >= 15 is 0 Å². The van der Waals surface area contributed by atoms with Crippen LogP contribution in [0, 0.1) is 29.1 Å².